The molecule has 0 radical (unpaired) electrons. The Kier molecular flexibility index (Phi) is 3.01. The topological polar surface area (TPSA) is 12.0 Å². The van der Waals surface area contributed by atoms with Gasteiger partial charge in [0.1, 0.15) is 0 Å². The van der Waals surface area contributed by atoms with E-state index in [9.17, 15) is 0 Å². The van der Waals surface area contributed by atoms with Crippen molar-refractivity contribution >= 4 is 23.2 Å². The third-order valence-corrected chi connectivity index (χ3v) is 3.57. The van der Waals surface area contributed by atoms with Crippen molar-refractivity contribution in [1.82, 2.24) is 5.32 Å². The molecule has 3 heteroatoms. The fourth-order valence-corrected chi connectivity index (χ4v) is 2.29. The van der Waals surface area contributed by atoms with Crippen molar-refractivity contribution in [1.29, 1.82) is 0 Å². The molecule has 1 N–H and O–H groups in total. The average Bonchev–Trinajstić information content (AvgIpc) is 2.57. The lowest BCUT2D eigenvalue weighted by Gasteiger charge is -2.16. The zero-order chi connectivity index (χ0) is 10.1. The van der Waals surface area contributed by atoms with Gasteiger partial charge in [0, 0.05) is 6.04 Å². The highest BCUT2D eigenvalue weighted by Crippen LogP contribution is 2.32. The van der Waals surface area contributed by atoms with Gasteiger partial charge in [0.25, 0.3) is 0 Å². The third kappa shape index (κ3) is 1.90. The molecular weight excluding hydrogens is 217 g/mol. The van der Waals surface area contributed by atoms with Crippen LogP contribution >= 0.6 is 23.2 Å². The number of hydrogen-bond donors (Lipinski definition) is 1. The zero-order valence-corrected chi connectivity index (χ0v) is 9.57. The summed E-state index contributed by atoms with van der Waals surface area (Å²) in [5.41, 5.74) is 1.24. The number of nitrogens with one attached hydrogen (secondary N) is 1. The molecule has 1 fully saturated rings. The van der Waals surface area contributed by atoms with Crippen molar-refractivity contribution in [2.24, 2.45) is 5.92 Å². The molecule has 14 heavy (non-hydrogen) atoms. The summed E-state index contributed by atoms with van der Waals surface area (Å²) in [6.45, 7) is 3.35. The summed E-state index contributed by atoms with van der Waals surface area (Å²) in [6.07, 6.45) is 1.23. The van der Waals surface area contributed by atoms with Crippen molar-refractivity contribution in [3.05, 3.63) is 33.8 Å². The second kappa shape index (κ2) is 4.09. The Morgan fingerprint density at radius 2 is 2.07 bits per heavy atom. The van der Waals surface area contributed by atoms with Gasteiger partial charge in [-0.3, -0.25) is 0 Å². The lowest BCUT2D eigenvalue weighted by Crippen LogP contribution is -2.16. The van der Waals surface area contributed by atoms with Crippen LogP contribution in [0.25, 0.3) is 0 Å². The van der Waals surface area contributed by atoms with E-state index < -0.39 is 0 Å². The Balaban J connectivity index is 2.28. The summed E-state index contributed by atoms with van der Waals surface area (Å²) in [7, 11) is 0. The monoisotopic (exact) mass is 229 g/mol. The van der Waals surface area contributed by atoms with E-state index >= 15 is 0 Å². The van der Waals surface area contributed by atoms with Gasteiger partial charge >= 0.3 is 0 Å². The van der Waals surface area contributed by atoms with Crippen LogP contribution in [0.3, 0.4) is 0 Å². The molecule has 2 rings (SSSR count). The van der Waals surface area contributed by atoms with E-state index in [1.165, 1.54) is 12.0 Å². The minimum absolute atomic E-state index is 0.435. The number of hydrogen-bond acceptors (Lipinski definition) is 1. The highest BCUT2D eigenvalue weighted by molar-refractivity contribution is 6.42. The fraction of sp³-hybridized carbons (Fsp3) is 0.455. The fourth-order valence-electron chi connectivity index (χ4n) is 1.99. The molecule has 0 spiro atoms. The second-order valence-electron chi connectivity index (χ2n) is 3.87. The maximum Gasteiger partial charge on any atom is 0.0595 e. The van der Waals surface area contributed by atoms with Crippen LogP contribution in [0.1, 0.15) is 24.9 Å². The van der Waals surface area contributed by atoms with Gasteiger partial charge in [0.05, 0.1) is 10.0 Å². The van der Waals surface area contributed by atoms with Gasteiger partial charge in [-0.05, 0) is 36.6 Å². The molecule has 76 valence electrons. The molecule has 1 aromatic carbocycles. The van der Waals surface area contributed by atoms with Crippen LogP contribution in [0.2, 0.25) is 10.0 Å². The number of rotatable bonds is 1. The first-order valence-electron chi connectivity index (χ1n) is 4.87. The van der Waals surface area contributed by atoms with Crippen LogP contribution in [0.4, 0.5) is 0 Å². The van der Waals surface area contributed by atoms with Crippen LogP contribution in [0.5, 0.6) is 0 Å². The molecule has 0 saturated carbocycles. The number of benzene rings is 1. The van der Waals surface area contributed by atoms with Crippen LogP contribution < -0.4 is 5.32 Å². The SMILES string of the molecule is CC1CCNC1c1ccc(Cl)c(Cl)c1. The first-order valence-corrected chi connectivity index (χ1v) is 5.62. The zero-order valence-electron chi connectivity index (χ0n) is 8.06. The Bertz CT molecular complexity index is 338. The van der Waals surface area contributed by atoms with Crippen LogP contribution in [-0.4, -0.2) is 6.54 Å². The van der Waals surface area contributed by atoms with E-state index in [2.05, 4.69) is 12.2 Å². The predicted molar refractivity (Wildman–Crippen MR) is 61.0 cm³/mol. The Morgan fingerprint density at radius 1 is 1.29 bits per heavy atom. The minimum atomic E-state index is 0.435. The minimum Gasteiger partial charge on any atom is -0.310 e. The molecule has 1 aliphatic heterocycles. The average molecular weight is 230 g/mol. The second-order valence-corrected chi connectivity index (χ2v) is 4.69. The molecule has 2 unspecified atom stereocenters. The third-order valence-electron chi connectivity index (χ3n) is 2.84. The summed E-state index contributed by atoms with van der Waals surface area (Å²) in [5.74, 6) is 0.673. The van der Waals surface area contributed by atoms with E-state index in [1.54, 1.807) is 0 Å². The summed E-state index contributed by atoms with van der Waals surface area (Å²) in [6, 6.07) is 6.31. The van der Waals surface area contributed by atoms with E-state index in [0.29, 0.717) is 22.0 Å². The van der Waals surface area contributed by atoms with Gasteiger partial charge < -0.3 is 5.32 Å². The molecule has 0 bridgehead atoms. The highest BCUT2D eigenvalue weighted by Gasteiger charge is 2.24. The normalized spacial score (nSPS) is 26.8. The van der Waals surface area contributed by atoms with Gasteiger partial charge in [-0.1, -0.05) is 36.2 Å². The van der Waals surface area contributed by atoms with Gasteiger partial charge in [-0.2, -0.15) is 0 Å². The van der Waals surface area contributed by atoms with E-state index in [-0.39, 0.29) is 0 Å². The molecule has 1 saturated heterocycles. The summed E-state index contributed by atoms with van der Waals surface area (Å²) >= 11 is 11.9. The molecule has 1 aliphatic rings. The van der Waals surface area contributed by atoms with E-state index in [4.69, 9.17) is 23.2 Å². The Labute approximate surface area is 94.4 Å². The van der Waals surface area contributed by atoms with Gasteiger partial charge in [0.15, 0.2) is 0 Å². The lowest BCUT2D eigenvalue weighted by atomic mass is 9.96. The predicted octanol–water partition coefficient (Wildman–Crippen LogP) is 3.66. The van der Waals surface area contributed by atoms with Crippen molar-refractivity contribution in [2.75, 3.05) is 6.54 Å². The maximum absolute atomic E-state index is 5.98. The molecule has 0 aliphatic carbocycles. The van der Waals surface area contributed by atoms with Gasteiger partial charge in [-0.15, -0.1) is 0 Å². The van der Waals surface area contributed by atoms with Gasteiger partial charge in [0.2, 0.25) is 0 Å². The standard InChI is InChI=1S/C11H13Cl2N/c1-7-4-5-14-11(7)8-2-3-9(12)10(13)6-8/h2-3,6-7,11,14H,4-5H2,1H3. The first kappa shape index (κ1) is 10.3. The van der Waals surface area contributed by atoms with Crippen molar-refractivity contribution in [3.8, 4) is 0 Å². The number of halogens is 2. The molecule has 1 heterocycles. The quantitative estimate of drug-likeness (QED) is 0.776. The van der Waals surface area contributed by atoms with E-state index in [1.807, 2.05) is 18.2 Å². The van der Waals surface area contributed by atoms with Crippen molar-refractivity contribution in [3.63, 3.8) is 0 Å². The van der Waals surface area contributed by atoms with Crippen LogP contribution in [0, 0.1) is 5.92 Å². The summed E-state index contributed by atoms with van der Waals surface area (Å²) < 4.78 is 0. The molecule has 0 aromatic heterocycles. The summed E-state index contributed by atoms with van der Waals surface area (Å²) in [5, 5.41) is 4.74. The summed E-state index contributed by atoms with van der Waals surface area (Å²) in [4.78, 5) is 0. The Morgan fingerprint density at radius 3 is 2.64 bits per heavy atom. The van der Waals surface area contributed by atoms with Crippen molar-refractivity contribution in [2.45, 2.75) is 19.4 Å². The lowest BCUT2D eigenvalue weighted by molar-refractivity contribution is 0.504. The van der Waals surface area contributed by atoms with Crippen molar-refractivity contribution < 1.29 is 0 Å². The van der Waals surface area contributed by atoms with Crippen LogP contribution in [-0.2, 0) is 0 Å². The molecular formula is C11H13Cl2N. The Hall–Kier alpha value is -0.240. The highest BCUT2D eigenvalue weighted by atomic mass is 35.5. The maximum atomic E-state index is 5.98. The molecule has 1 aromatic rings. The molecule has 2 atom stereocenters. The molecule has 1 nitrogen and oxygen atoms in total. The van der Waals surface area contributed by atoms with E-state index in [0.717, 1.165) is 6.54 Å². The van der Waals surface area contributed by atoms with Gasteiger partial charge in [-0.25, -0.2) is 0 Å². The smallest absolute Gasteiger partial charge is 0.0595 e. The van der Waals surface area contributed by atoms with Crippen LogP contribution in [0.15, 0.2) is 18.2 Å². The molecule has 0 amide bonds. The first-order chi connectivity index (χ1) is 6.68. The largest absolute Gasteiger partial charge is 0.310 e.